The highest BCUT2D eigenvalue weighted by Gasteiger charge is 2.13. The number of rotatable bonds is 2. The molecule has 0 spiro atoms. The molecule has 1 amide bonds. The van der Waals surface area contributed by atoms with E-state index in [0.29, 0.717) is 0 Å². The molecule has 0 bridgehead atoms. The van der Waals surface area contributed by atoms with Crippen molar-refractivity contribution in [3.8, 4) is 0 Å². The van der Waals surface area contributed by atoms with Crippen LogP contribution in [0.4, 0.5) is 5.82 Å². The first-order valence-corrected chi connectivity index (χ1v) is 6.02. The van der Waals surface area contributed by atoms with Crippen molar-refractivity contribution in [1.82, 2.24) is 15.0 Å². The highest BCUT2D eigenvalue weighted by atomic mass is 35.5. The number of anilines is 1. The van der Waals surface area contributed by atoms with Crippen molar-refractivity contribution in [2.24, 2.45) is 0 Å². The molecule has 0 atom stereocenters. The maximum Gasteiger partial charge on any atom is 0.273 e. The summed E-state index contributed by atoms with van der Waals surface area (Å²) in [5, 5.41) is 2.95. The van der Waals surface area contributed by atoms with Crippen LogP contribution in [0.5, 0.6) is 0 Å². The number of nitrogens with one attached hydrogen (secondary N) is 2. The zero-order valence-corrected chi connectivity index (χ0v) is 11.5. The molecule has 2 rings (SSSR count). The van der Waals surface area contributed by atoms with Crippen LogP contribution in [0.2, 0.25) is 20.6 Å². The second-order valence-electron chi connectivity index (χ2n) is 3.14. The van der Waals surface area contributed by atoms with Crippen molar-refractivity contribution in [2.75, 3.05) is 5.32 Å². The first kappa shape index (κ1) is 13.4. The molecular weight excluding hydrogens is 322 g/mol. The highest BCUT2D eigenvalue weighted by Crippen LogP contribution is 2.22. The summed E-state index contributed by atoms with van der Waals surface area (Å²) in [7, 11) is 0. The Balaban J connectivity index is 2.21. The van der Waals surface area contributed by atoms with E-state index in [0.717, 1.165) is 0 Å². The number of hydrogen-bond acceptors (Lipinski definition) is 3. The molecule has 0 saturated heterocycles. The Bertz CT molecular complexity index is 573. The van der Waals surface area contributed by atoms with Crippen LogP contribution in [-0.2, 0) is 0 Å². The summed E-state index contributed by atoms with van der Waals surface area (Å²) in [5.74, 6) is -0.304. The Hall–Kier alpha value is -1.01. The van der Waals surface area contributed by atoms with E-state index in [1.807, 2.05) is 0 Å². The molecule has 18 heavy (non-hydrogen) atoms. The molecule has 94 valence electrons. The molecule has 0 aliphatic rings. The van der Waals surface area contributed by atoms with E-state index >= 15 is 0 Å². The number of hydrogen-bond donors (Lipinski definition) is 2. The number of aromatic amines is 1. The summed E-state index contributed by atoms with van der Waals surface area (Å²) in [6.45, 7) is 0. The van der Waals surface area contributed by atoms with Gasteiger partial charge in [0.1, 0.15) is 21.8 Å². The van der Waals surface area contributed by atoms with Crippen LogP contribution in [0.3, 0.4) is 0 Å². The van der Waals surface area contributed by atoms with E-state index in [1.165, 1.54) is 12.1 Å². The third-order valence-electron chi connectivity index (χ3n) is 1.88. The van der Waals surface area contributed by atoms with Crippen molar-refractivity contribution in [3.63, 3.8) is 0 Å². The second-order valence-corrected chi connectivity index (χ2v) is 4.65. The van der Waals surface area contributed by atoms with Gasteiger partial charge in [-0.15, -0.1) is 0 Å². The smallest absolute Gasteiger partial charge is 0.273 e. The van der Waals surface area contributed by atoms with E-state index in [1.54, 1.807) is 0 Å². The lowest BCUT2D eigenvalue weighted by Crippen LogP contribution is -2.13. The zero-order valence-electron chi connectivity index (χ0n) is 8.47. The van der Waals surface area contributed by atoms with Crippen LogP contribution in [0, 0.1) is 0 Å². The van der Waals surface area contributed by atoms with E-state index < -0.39 is 5.91 Å². The molecule has 2 aromatic rings. The minimum Gasteiger partial charge on any atom is -0.340 e. The lowest BCUT2D eigenvalue weighted by molar-refractivity contribution is 0.102. The SMILES string of the molecule is O=C(Nc1cc(Cl)nc(Cl)n1)c1cc(Cl)c(Cl)[nH]1. The van der Waals surface area contributed by atoms with Crippen molar-refractivity contribution in [2.45, 2.75) is 0 Å². The number of aromatic nitrogens is 3. The fraction of sp³-hybridized carbons (Fsp3) is 0. The van der Waals surface area contributed by atoms with Gasteiger partial charge >= 0.3 is 0 Å². The van der Waals surface area contributed by atoms with Gasteiger partial charge in [-0.1, -0.05) is 34.8 Å². The number of carbonyl (C=O) groups is 1. The lowest BCUT2D eigenvalue weighted by atomic mass is 10.4. The van der Waals surface area contributed by atoms with E-state index in [2.05, 4.69) is 20.3 Å². The van der Waals surface area contributed by atoms with Gasteiger partial charge in [0.15, 0.2) is 0 Å². The van der Waals surface area contributed by atoms with Crippen molar-refractivity contribution in [3.05, 3.63) is 38.4 Å². The molecule has 2 heterocycles. The fourth-order valence-electron chi connectivity index (χ4n) is 1.16. The second kappa shape index (κ2) is 5.32. The zero-order chi connectivity index (χ0) is 13.3. The van der Waals surface area contributed by atoms with Gasteiger partial charge in [0.25, 0.3) is 5.91 Å². The molecule has 0 radical (unpaired) electrons. The first-order valence-electron chi connectivity index (χ1n) is 4.51. The molecular formula is C9H4Cl4N4O. The summed E-state index contributed by atoms with van der Waals surface area (Å²) >= 11 is 22.7. The fourth-order valence-corrected chi connectivity index (χ4v) is 1.89. The largest absolute Gasteiger partial charge is 0.340 e. The monoisotopic (exact) mass is 324 g/mol. The molecule has 5 nitrogen and oxygen atoms in total. The molecule has 0 aromatic carbocycles. The van der Waals surface area contributed by atoms with Gasteiger partial charge in [0, 0.05) is 6.07 Å². The van der Waals surface area contributed by atoms with Crippen molar-refractivity contribution in [1.29, 1.82) is 0 Å². The number of halogens is 4. The average Bonchev–Trinajstić information content (AvgIpc) is 2.57. The Labute approximate surface area is 121 Å². The highest BCUT2D eigenvalue weighted by molar-refractivity contribution is 6.41. The first-order chi connectivity index (χ1) is 8.45. The standard InChI is InChI=1S/C9H4Cl4N4O/c10-3-1-4(14-7(3)12)8(18)16-6-2-5(11)15-9(13)17-6/h1-2,14H,(H,15,16,17,18). The topological polar surface area (TPSA) is 70.7 Å². The van der Waals surface area contributed by atoms with Crippen LogP contribution >= 0.6 is 46.4 Å². The molecule has 0 fully saturated rings. The Kier molecular flexibility index (Phi) is 3.97. The average molecular weight is 326 g/mol. The van der Waals surface area contributed by atoms with Gasteiger partial charge in [-0.05, 0) is 17.7 Å². The third kappa shape index (κ3) is 3.05. The van der Waals surface area contributed by atoms with Gasteiger partial charge in [0.2, 0.25) is 5.28 Å². The number of nitrogens with zero attached hydrogens (tertiary/aromatic N) is 2. The Morgan fingerprint density at radius 3 is 2.44 bits per heavy atom. The van der Waals surface area contributed by atoms with Crippen molar-refractivity contribution < 1.29 is 4.79 Å². The summed E-state index contributed by atoms with van der Waals surface area (Å²) in [5.41, 5.74) is 0.191. The number of amides is 1. The van der Waals surface area contributed by atoms with Crippen LogP contribution in [0.15, 0.2) is 12.1 Å². The van der Waals surface area contributed by atoms with Gasteiger partial charge in [0.05, 0.1) is 5.02 Å². The Morgan fingerprint density at radius 1 is 1.17 bits per heavy atom. The van der Waals surface area contributed by atoms with E-state index in [-0.39, 0.29) is 32.1 Å². The molecule has 2 N–H and O–H groups in total. The van der Waals surface area contributed by atoms with Gasteiger partial charge in [-0.3, -0.25) is 4.79 Å². The summed E-state index contributed by atoms with van der Waals surface area (Å²) in [4.78, 5) is 21.8. The quantitative estimate of drug-likeness (QED) is 0.653. The van der Waals surface area contributed by atoms with E-state index in [4.69, 9.17) is 46.4 Å². The third-order valence-corrected chi connectivity index (χ3v) is 2.93. The van der Waals surface area contributed by atoms with Crippen molar-refractivity contribution >= 4 is 58.1 Å². The molecule has 0 aliphatic heterocycles. The number of H-pyrrole nitrogens is 1. The summed E-state index contributed by atoms with van der Waals surface area (Å²) in [6.07, 6.45) is 0. The van der Waals surface area contributed by atoms with E-state index in [9.17, 15) is 4.79 Å². The lowest BCUT2D eigenvalue weighted by Gasteiger charge is -2.03. The summed E-state index contributed by atoms with van der Waals surface area (Å²) < 4.78 is 0. The normalized spacial score (nSPS) is 10.4. The minimum atomic E-state index is -0.477. The van der Waals surface area contributed by atoms with Crippen LogP contribution in [0.1, 0.15) is 10.5 Å². The van der Waals surface area contributed by atoms with Crippen LogP contribution < -0.4 is 5.32 Å². The molecule has 0 unspecified atom stereocenters. The van der Waals surface area contributed by atoms with Gasteiger partial charge in [-0.25, -0.2) is 9.97 Å². The van der Waals surface area contributed by atoms with Crippen LogP contribution in [-0.4, -0.2) is 20.9 Å². The molecule has 0 saturated carbocycles. The molecule has 2 aromatic heterocycles. The van der Waals surface area contributed by atoms with Gasteiger partial charge in [-0.2, -0.15) is 0 Å². The predicted octanol–water partition coefficient (Wildman–Crippen LogP) is 3.67. The van der Waals surface area contributed by atoms with Gasteiger partial charge < -0.3 is 10.3 Å². The molecule has 0 aliphatic carbocycles. The minimum absolute atomic E-state index is 0.0691. The predicted molar refractivity (Wildman–Crippen MR) is 70.8 cm³/mol. The number of carbonyl (C=O) groups excluding carboxylic acids is 1. The maximum atomic E-state index is 11.8. The Morgan fingerprint density at radius 2 is 1.89 bits per heavy atom. The summed E-state index contributed by atoms with van der Waals surface area (Å²) in [6, 6.07) is 2.75. The molecule has 9 heteroatoms. The van der Waals surface area contributed by atoms with Crippen LogP contribution in [0.25, 0.3) is 0 Å². The maximum absolute atomic E-state index is 11.8.